The molecule has 7 heteroatoms. The Morgan fingerprint density at radius 1 is 1.19 bits per heavy atom. The molecule has 0 bridgehead atoms. The van der Waals surface area contributed by atoms with E-state index in [1.807, 2.05) is 0 Å². The first-order chi connectivity index (χ1) is 7.70. The summed E-state index contributed by atoms with van der Waals surface area (Å²) in [6, 6.07) is 0. The number of aliphatic hydroxyl groups excluding tert-OH is 1. The molecule has 0 heterocycles. The van der Waals surface area contributed by atoms with Crippen LogP contribution in [0, 0.1) is 0 Å². The molecule has 0 atom stereocenters. The van der Waals surface area contributed by atoms with Gasteiger partial charge in [0.15, 0.2) is 0 Å². The predicted molar refractivity (Wildman–Crippen MR) is 57.6 cm³/mol. The number of nitrogens with two attached hydrogens (primary N) is 1. The molecule has 0 unspecified atom stereocenters. The van der Waals surface area contributed by atoms with Crippen LogP contribution in [0.4, 0.5) is 0 Å². The van der Waals surface area contributed by atoms with Crippen LogP contribution in [-0.2, 0) is 14.3 Å². The molecule has 0 saturated heterocycles. The monoisotopic (exact) mass is 233 g/mol. The maximum Gasteiger partial charge on any atom is 0.239 e. The molecule has 7 nitrogen and oxygen atoms in total. The lowest BCUT2D eigenvalue weighted by molar-refractivity contribution is -0.125. The second kappa shape index (κ2) is 10.3. The summed E-state index contributed by atoms with van der Waals surface area (Å²) < 4.78 is 4.99. The minimum Gasteiger partial charge on any atom is -0.394 e. The van der Waals surface area contributed by atoms with Gasteiger partial charge in [0.25, 0.3) is 0 Å². The quantitative estimate of drug-likeness (QED) is 0.331. The minimum absolute atomic E-state index is 0.00250. The summed E-state index contributed by atoms with van der Waals surface area (Å²) in [6.07, 6.45) is 0.663. The van der Waals surface area contributed by atoms with Gasteiger partial charge in [-0.25, -0.2) is 0 Å². The number of aliphatic hydroxyl groups is 1. The van der Waals surface area contributed by atoms with Crippen molar-refractivity contribution in [2.75, 3.05) is 39.5 Å². The highest BCUT2D eigenvalue weighted by molar-refractivity contribution is 5.85. The number of nitrogens with one attached hydrogen (secondary N) is 2. The Hall–Kier alpha value is -1.18. The third-order valence-electron chi connectivity index (χ3n) is 1.65. The Kier molecular flexibility index (Phi) is 9.58. The van der Waals surface area contributed by atoms with E-state index in [9.17, 15) is 9.59 Å². The molecule has 0 aromatic carbocycles. The van der Waals surface area contributed by atoms with Crippen LogP contribution in [0.3, 0.4) is 0 Å². The van der Waals surface area contributed by atoms with Crippen molar-refractivity contribution in [2.24, 2.45) is 5.73 Å². The normalized spacial score (nSPS) is 9.88. The first-order valence-corrected chi connectivity index (χ1v) is 5.12. The van der Waals surface area contributed by atoms with Crippen LogP contribution in [0.2, 0.25) is 0 Å². The molecule has 94 valence electrons. The third-order valence-corrected chi connectivity index (χ3v) is 1.65. The Balaban J connectivity index is 3.27. The third kappa shape index (κ3) is 9.38. The van der Waals surface area contributed by atoms with Crippen molar-refractivity contribution in [2.45, 2.75) is 6.42 Å². The van der Waals surface area contributed by atoms with Gasteiger partial charge in [-0.1, -0.05) is 0 Å². The van der Waals surface area contributed by atoms with E-state index in [0.29, 0.717) is 26.2 Å². The van der Waals surface area contributed by atoms with Crippen molar-refractivity contribution in [1.82, 2.24) is 10.6 Å². The number of hydrogen-bond donors (Lipinski definition) is 4. The maximum atomic E-state index is 11.1. The lowest BCUT2D eigenvalue weighted by Crippen LogP contribution is -2.39. The van der Waals surface area contributed by atoms with Gasteiger partial charge in [-0.3, -0.25) is 9.59 Å². The van der Waals surface area contributed by atoms with Gasteiger partial charge in [-0.15, -0.1) is 0 Å². The number of carbonyl (C=O) groups excluding carboxylic acids is 2. The van der Waals surface area contributed by atoms with E-state index in [4.69, 9.17) is 15.6 Å². The zero-order valence-electron chi connectivity index (χ0n) is 9.20. The summed E-state index contributed by atoms with van der Waals surface area (Å²) in [5, 5.41) is 13.4. The van der Waals surface area contributed by atoms with Gasteiger partial charge in [0, 0.05) is 13.2 Å². The molecule has 5 N–H and O–H groups in total. The molecular weight excluding hydrogens is 214 g/mol. The molecule has 0 aliphatic rings. The average Bonchev–Trinajstić information content (AvgIpc) is 2.30. The van der Waals surface area contributed by atoms with Crippen LogP contribution >= 0.6 is 0 Å². The fraction of sp³-hybridized carbons (Fsp3) is 0.778. The first kappa shape index (κ1) is 14.8. The standard InChI is InChI=1S/C9H19N3O4/c10-6-8(14)12-7-9(15)11-2-1-4-16-5-3-13/h13H,1-7,10H2,(H,11,15)(H,12,14). The number of amides is 2. The van der Waals surface area contributed by atoms with E-state index >= 15 is 0 Å². The van der Waals surface area contributed by atoms with Crippen LogP contribution in [0.5, 0.6) is 0 Å². The molecule has 0 saturated carbocycles. The molecule has 0 radical (unpaired) electrons. The first-order valence-electron chi connectivity index (χ1n) is 5.12. The number of hydrogen-bond acceptors (Lipinski definition) is 5. The van der Waals surface area contributed by atoms with Crippen LogP contribution in [-0.4, -0.2) is 56.4 Å². The molecule has 0 aromatic heterocycles. The largest absolute Gasteiger partial charge is 0.394 e. The maximum absolute atomic E-state index is 11.1. The molecular formula is C9H19N3O4. The summed E-state index contributed by atoms with van der Waals surface area (Å²) in [4.78, 5) is 21.8. The van der Waals surface area contributed by atoms with Crippen molar-refractivity contribution < 1.29 is 19.4 Å². The molecule has 0 rings (SSSR count). The van der Waals surface area contributed by atoms with Crippen molar-refractivity contribution in [1.29, 1.82) is 0 Å². The Morgan fingerprint density at radius 2 is 1.94 bits per heavy atom. The van der Waals surface area contributed by atoms with Gasteiger partial charge in [0.2, 0.25) is 11.8 Å². The highest BCUT2D eigenvalue weighted by Gasteiger charge is 2.02. The smallest absolute Gasteiger partial charge is 0.239 e. The lowest BCUT2D eigenvalue weighted by atomic mass is 10.4. The topological polar surface area (TPSA) is 114 Å². The fourth-order valence-electron chi connectivity index (χ4n) is 0.882. The molecule has 0 fully saturated rings. The Morgan fingerprint density at radius 3 is 2.56 bits per heavy atom. The lowest BCUT2D eigenvalue weighted by Gasteiger charge is -2.06. The number of carbonyl (C=O) groups is 2. The van der Waals surface area contributed by atoms with E-state index in [2.05, 4.69) is 10.6 Å². The summed E-state index contributed by atoms with van der Waals surface area (Å²) >= 11 is 0. The van der Waals surface area contributed by atoms with Crippen LogP contribution in [0.25, 0.3) is 0 Å². The van der Waals surface area contributed by atoms with Gasteiger partial charge in [-0.05, 0) is 6.42 Å². The van der Waals surface area contributed by atoms with Gasteiger partial charge < -0.3 is 26.2 Å². The number of ether oxygens (including phenoxy) is 1. The highest BCUT2D eigenvalue weighted by Crippen LogP contribution is 1.80. The average molecular weight is 233 g/mol. The Labute approximate surface area is 94.3 Å². The summed E-state index contributed by atoms with van der Waals surface area (Å²) in [6.45, 7) is 1.08. The van der Waals surface area contributed by atoms with Gasteiger partial charge >= 0.3 is 0 Å². The zero-order valence-corrected chi connectivity index (χ0v) is 9.20. The van der Waals surface area contributed by atoms with E-state index in [-0.39, 0.29) is 31.5 Å². The molecule has 0 aromatic rings. The van der Waals surface area contributed by atoms with Gasteiger partial charge in [0.05, 0.1) is 26.3 Å². The SMILES string of the molecule is NCC(=O)NCC(=O)NCCCOCCO. The van der Waals surface area contributed by atoms with E-state index < -0.39 is 0 Å². The summed E-state index contributed by atoms with van der Waals surface area (Å²) in [5.74, 6) is -0.620. The van der Waals surface area contributed by atoms with E-state index in [0.717, 1.165) is 0 Å². The van der Waals surface area contributed by atoms with Crippen molar-refractivity contribution in [3.05, 3.63) is 0 Å². The van der Waals surface area contributed by atoms with Crippen molar-refractivity contribution in [3.8, 4) is 0 Å². The number of rotatable bonds is 9. The second-order valence-electron chi connectivity index (χ2n) is 3.02. The van der Waals surface area contributed by atoms with E-state index in [1.165, 1.54) is 0 Å². The zero-order chi connectivity index (χ0) is 12.2. The van der Waals surface area contributed by atoms with Gasteiger partial charge in [-0.2, -0.15) is 0 Å². The van der Waals surface area contributed by atoms with E-state index in [1.54, 1.807) is 0 Å². The summed E-state index contributed by atoms with van der Waals surface area (Å²) in [7, 11) is 0. The van der Waals surface area contributed by atoms with Crippen LogP contribution < -0.4 is 16.4 Å². The van der Waals surface area contributed by atoms with Crippen LogP contribution in [0.1, 0.15) is 6.42 Å². The molecule has 0 aliphatic carbocycles. The molecule has 2 amide bonds. The highest BCUT2D eigenvalue weighted by atomic mass is 16.5. The molecule has 0 spiro atoms. The van der Waals surface area contributed by atoms with Gasteiger partial charge in [0.1, 0.15) is 0 Å². The van der Waals surface area contributed by atoms with Crippen molar-refractivity contribution in [3.63, 3.8) is 0 Å². The minimum atomic E-state index is -0.360. The Bertz CT molecular complexity index is 211. The predicted octanol–water partition coefficient (Wildman–Crippen LogP) is -2.42. The van der Waals surface area contributed by atoms with Crippen LogP contribution in [0.15, 0.2) is 0 Å². The molecule has 0 aliphatic heterocycles. The fourth-order valence-corrected chi connectivity index (χ4v) is 0.882. The van der Waals surface area contributed by atoms with Crippen molar-refractivity contribution >= 4 is 11.8 Å². The second-order valence-corrected chi connectivity index (χ2v) is 3.02. The summed E-state index contributed by atoms with van der Waals surface area (Å²) in [5.41, 5.74) is 5.05. The molecule has 16 heavy (non-hydrogen) atoms.